The Hall–Kier alpha value is -2.57. The van der Waals surface area contributed by atoms with Gasteiger partial charge in [-0.25, -0.2) is 14.6 Å². The normalized spacial score (nSPS) is 11.4. The van der Waals surface area contributed by atoms with Crippen LogP contribution in [0.25, 0.3) is 11.1 Å². The fourth-order valence-corrected chi connectivity index (χ4v) is 1.66. The molecule has 0 spiro atoms. The highest BCUT2D eigenvalue weighted by Gasteiger charge is 2.16. The Kier molecular flexibility index (Phi) is 3.84. The largest absolute Gasteiger partial charge is 0.478 e. The first-order chi connectivity index (χ1) is 9.74. The van der Waals surface area contributed by atoms with Gasteiger partial charge in [0.25, 0.3) is 0 Å². The third kappa shape index (κ3) is 3.95. The van der Waals surface area contributed by atoms with Gasteiger partial charge in [-0.05, 0) is 32.9 Å². The van der Waals surface area contributed by atoms with Gasteiger partial charge < -0.3 is 19.6 Å². The van der Waals surface area contributed by atoms with E-state index in [1.807, 2.05) is 0 Å². The van der Waals surface area contributed by atoms with Gasteiger partial charge in [0, 0.05) is 11.6 Å². The molecule has 0 aromatic carbocycles. The van der Waals surface area contributed by atoms with Gasteiger partial charge in [-0.2, -0.15) is 0 Å². The van der Waals surface area contributed by atoms with Gasteiger partial charge in [0.2, 0.25) is 5.71 Å². The number of carbonyl (C=O) groups is 2. The fraction of sp³-hybridized carbons (Fsp3) is 0.357. The summed E-state index contributed by atoms with van der Waals surface area (Å²) in [5.41, 5.74) is -0.174. The minimum absolute atomic E-state index is 0.0787. The first-order valence-electron chi connectivity index (χ1n) is 6.33. The molecule has 0 bridgehead atoms. The van der Waals surface area contributed by atoms with Crippen LogP contribution >= 0.6 is 0 Å². The minimum Gasteiger partial charge on any atom is -0.478 e. The number of fused-ring (bicyclic) bond motifs is 1. The monoisotopic (exact) mass is 292 g/mol. The van der Waals surface area contributed by atoms with Crippen molar-refractivity contribution < 1.29 is 23.8 Å². The summed E-state index contributed by atoms with van der Waals surface area (Å²) in [4.78, 5) is 26.3. The average molecular weight is 292 g/mol. The number of hydrogen-bond donors (Lipinski definition) is 2. The van der Waals surface area contributed by atoms with Crippen molar-refractivity contribution in [2.75, 3.05) is 0 Å². The second kappa shape index (κ2) is 5.43. The Morgan fingerprint density at radius 2 is 2.10 bits per heavy atom. The summed E-state index contributed by atoms with van der Waals surface area (Å²) in [6.45, 7) is 5.44. The maximum absolute atomic E-state index is 11.5. The van der Waals surface area contributed by atoms with Gasteiger partial charge in [-0.1, -0.05) is 0 Å². The summed E-state index contributed by atoms with van der Waals surface area (Å²) in [6.07, 6.45) is 0.668. The lowest BCUT2D eigenvalue weighted by Crippen LogP contribution is -2.32. The van der Waals surface area contributed by atoms with E-state index >= 15 is 0 Å². The second-order valence-electron chi connectivity index (χ2n) is 5.49. The van der Waals surface area contributed by atoms with Crippen LogP contribution in [-0.2, 0) is 11.3 Å². The Balaban J connectivity index is 2.06. The summed E-state index contributed by atoms with van der Waals surface area (Å²) in [7, 11) is 0. The number of furan rings is 1. The number of carbonyl (C=O) groups excluding carboxylic acids is 1. The van der Waals surface area contributed by atoms with Crippen molar-refractivity contribution in [1.29, 1.82) is 0 Å². The van der Waals surface area contributed by atoms with Crippen LogP contribution in [-0.4, -0.2) is 27.8 Å². The van der Waals surface area contributed by atoms with Crippen molar-refractivity contribution >= 4 is 23.2 Å². The van der Waals surface area contributed by atoms with E-state index in [4.69, 9.17) is 14.3 Å². The SMILES string of the molecule is CC(C)(C)OC(=O)NCc1cc2cc(C(=O)O)cnc2o1. The van der Waals surface area contributed by atoms with E-state index in [0.717, 1.165) is 0 Å². The molecule has 0 saturated carbocycles. The minimum atomic E-state index is -1.06. The maximum atomic E-state index is 11.5. The molecule has 0 aliphatic carbocycles. The predicted molar refractivity (Wildman–Crippen MR) is 74.0 cm³/mol. The number of amides is 1. The van der Waals surface area contributed by atoms with E-state index in [-0.39, 0.29) is 12.1 Å². The molecule has 1 amide bonds. The standard InChI is InChI=1S/C14H16N2O5/c1-14(2,3)21-13(19)16-7-10-5-8-4-9(12(17)18)6-15-11(8)20-10/h4-6H,7H2,1-3H3,(H,16,19)(H,17,18). The number of aromatic carboxylic acids is 1. The summed E-state index contributed by atoms with van der Waals surface area (Å²) in [5.74, 6) is -0.593. The van der Waals surface area contributed by atoms with Crippen molar-refractivity contribution in [1.82, 2.24) is 10.3 Å². The topological polar surface area (TPSA) is 102 Å². The number of pyridine rings is 1. The molecule has 21 heavy (non-hydrogen) atoms. The number of nitrogens with one attached hydrogen (secondary N) is 1. The molecule has 2 aromatic heterocycles. The number of aromatic nitrogens is 1. The van der Waals surface area contributed by atoms with Crippen LogP contribution in [0.1, 0.15) is 36.9 Å². The van der Waals surface area contributed by atoms with Crippen LogP contribution in [0.4, 0.5) is 4.79 Å². The molecule has 2 heterocycles. The van der Waals surface area contributed by atoms with E-state index in [1.165, 1.54) is 12.3 Å². The molecular weight excluding hydrogens is 276 g/mol. The number of ether oxygens (including phenoxy) is 1. The number of alkyl carbamates (subject to hydrolysis) is 1. The molecule has 7 nitrogen and oxygen atoms in total. The lowest BCUT2D eigenvalue weighted by Gasteiger charge is -2.19. The molecule has 2 rings (SSSR count). The molecule has 0 aliphatic heterocycles. The van der Waals surface area contributed by atoms with Gasteiger partial charge in [0.15, 0.2) is 0 Å². The molecule has 0 fully saturated rings. The van der Waals surface area contributed by atoms with Crippen LogP contribution in [0.2, 0.25) is 0 Å². The molecule has 0 unspecified atom stereocenters. The van der Waals surface area contributed by atoms with Crippen LogP contribution in [0, 0.1) is 0 Å². The molecule has 7 heteroatoms. The van der Waals surface area contributed by atoms with Crippen molar-refractivity contribution in [2.24, 2.45) is 0 Å². The van der Waals surface area contributed by atoms with Gasteiger partial charge >= 0.3 is 12.1 Å². The van der Waals surface area contributed by atoms with E-state index in [2.05, 4.69) is 10.3 Å². The Bertz CT molecular complexity index is 684. The van der Waals surface area contributed by atoms with E-state index in [1.54, 1.807) is 26.8 Å². The molecular formula is C14H16N2O5. The second-order valence-corrected chi connectivity index (χ2v) is 5.49. The fourth-order valence-electron chi connectivity index (χ4n) is 1.66. The highest BCUT2D eigenvalue weighted by atomic mass is 16.6. The first-order valence-corrected chi connectivity index (χ1v) is 6.33. The van der Waals surface area contributed by atoms with Gasteiger partial charge in [0.05, 0.1) is 12.1 Å². The van der Waals surface area contributed by atoms with E-state index in [0.29, 0.717) is 16.9 Å². The summed E-state index contributed by atoms with van der Waals surface area (Å²) < 4.78 is 10.5. The van der Waals surface area contributed by atoms with E-state index in [9.17, 15) is 9.59 Å². The molecule has 0 saturated heterocycles. The summed E-state index contributed by atoms with van der Waals surface area (Å²) in [5, 5.41) is 12.0. The zero-order valence-corrected chi connectivity index (χ0v) is 12.0. The van der Waals surface area contributed by atoms with Crippen LogP contribution in [0.3, 0.4) is 0 Å². The lowest BCUT2D eigenvalue weighted by molar-refractivity contribution is 0.0519. The summed E-state index contributed by atoms with van der Waals surface area (Å²) >= 11 is 0. The van der Waals surface area contributed by atoms with Crippen molar-refractivity contribution in [3.05, 3.63) is 29.7 Å². The molecule has 0 aliphatic rings. The van der Waals surface area contributed by atoms with Crippen molar-refractivity contribution in [3.8, 4) is 0 Å². The quantitative estimate of drug-likeness (QED) is 0.901. The molecule has 112 valence electrons. The lowest BCUT2D eigenvalue weighted by atomic mass is 10.2. The molecule has 2 aromatic rings. The first kappa shape index (κ1) is 14.8. The summed E-state index contributed by atoms with van der Waals surface area (Å²) in [6, 6.07) is 3.09. The number of carboxylic acid groups (broad SMARTS) is 1. The number of carboxylic acids is 1. The Morgan fingerprint density at radius 1 is 1.38 bits per heavy atom. The maximum Gasteiger partial charge on any atom is 0.408 e. The molecule has 0 atom stereocenters. The molecule has 0 radical (unpaired) electrons. The van der Waals surface area contributed by atoms with Crippen molar-refractivity contribution in [2.45, 2.75) is 32.9 Å². The Morgan fingerprint density at radius 3 is 2.71 bits per heavy atom. The molecule has 2 N–H and O–H groups in total. The van der Waals surface area contributed by atoms with Crippen molar-refractivity contribution in [3.63, 3.8) is 0 Å². The highest BCUT2D eigenvalue weighted by Crippen LogP contribution is 2.18. The average Bonchev–Trinajstić information content (AvgIpc) is 2.75. The van der Waals surface area contributed by atoms with Gasteiger partial charge in [0.1, 0.15) is 11.4 Å². The zero-order chi connectivity index (χ0) is 15.6. The van der Waals surface area contributed by atoms with Gasteiger partial charge in [-0.15, -0.1) is 0 Å². The van der Waals surface area contributed by atoms with Gasteiger partial charge in [-0.3, -0.25) is 0 Å². The third-order valence-electron chi connectivity index (χ3n) is 2.48. The zero-order valence-electron chi connectivity index (χ0n) is 12.0. The highest BCUT2D eigenvalue weighted by molar-refractivity contribution is 5.91. The number of hydrogen-bond acceptors (Lipinski definition) is 5. The van der Waals surface area contributed by atoms with E-state index < -0.39 is 17.7 Å². The predicted octanol–water partition coefficient (Wildman–Crippen LogP) is 2.55. The Labute approximate surface area is 120 Å². The third-order valence-corrected chi connectivity index (χ3v) is 2.48. The van der Waals surface area contributed by atoms with Crippen LogP contribution < -0.4 is 5.32 Å². The van der Waals surface area contributed by atoms with Crippen LogP contribution in [0.5, 0.6) is 0 Å². The number of rotatable bonds is 3. The smallest absolute Gasteiger partial charge is 0.408 e. The van der Waals surface area contributed by atoms with Crippen LogP contribution in [0.15, 0.2) is 22.7 Å². The number of nitrogens with zero attached hydrogens (tertiary/aromatic N) is 1.